The number of aliphatic imine (C=N–C) groups is 1. The summed E-state index contributed by atoms with van der Waals surface area (Å²) in [6.07, 6.45) is 5.19. The maximum atomic E-state index is 6.16. The zero-order chi connectivity index (χ0) is 20.1. The van der Waals surface area contributed by atoms with Gasteiger partial charge in [-0.1, -0.05) is 12.1 Å². The average Bonchev–Trinajstić information content (AvgIpc) is 3.24. The standard InChI is InChI=1S/C23H36N4O2/c1-17-3-4-20(22(11-17)29-16-19-8-10-28-15-19)13-26-23(24-2)25-12-18-7-9-27(14-18)21-5-6-21/h3-4,11,18-19,21H,5-10,12-16H2,1-2H3,(H2,24,25,26). The molecule has 2 atom stereocenters. The van der Waals surface area contributed by atoms with E-state index in [4.69, 9.17) is 9.47 Å². The van der Waals surface area contributed by atoms with Gasteiger partial charge in [-0.25, -0.2) is 0 Å². The van der Waals surface area contributed by atoms with Gasteiger partial charge in [0.15, 0.2) is 5.96 Å². The molecule has 160 valence electrons. The molecule has 3 aliphatic rings. The lowest BCUT2D eigenvalue weighted by Crippen LogP contribution is -2.40. The summed E-state index contributed by atoms with van der Waals surface area (Å²) in [5.41, 5.74) is 2.38. The fraction of sp³-hybridized carbons (Fsp3) is 0.696. The summed E-state index contributed by atoms with van der Waals surface area (Å²) in [5, 5.41) is 6.99. The van der Waals surface area contributed by atoms with E-state index in [0.717, 1.165) is 56.5 Å². The highest BCUT2D eigenvalue weighted by atomic mass is 16.5. The molecule has 2 heterocycles. The minimum Gasteiger partial charge on any atom is -0.493 e. The Morgan fingerprint density at radius 2 is 2.10 bits per heavy atom. The van der Waals surface area contributed by atoms with E-state index >= 15 is 0 Å². The Bertz CT molecular complexity index is 698. The molecule has 2 saturated heterocycles. The summed E-state index contributed by atoms with van der Waals surface area (Å²) in [4.78, 5) is 7.07. The van der Waals surface area contributed by atoms with Crippen molar-refractivity contribution in [3.8, 4) is 5.75 Å². The number of aryl methyl sites for hydroxylation is 1. The molecule has 0 amide bonds. The molecule has 3 fully saturated rings. The summed E-state index contributed by atoms with van der Waals surface area (Å²) in [6, 6.07) is 7.31. The minimum absolute atomic E-state index is 0.507. The van der Waals surface area contributed by atoms with E-state index in [1.165, 1.54) is 43.5 Å². The maximum Gasteiger partial charge on any atom is 0.191 e. The van der Waals surface area contributed by atoms with Crippen LogP contribution >= 0.6 is 0 Å². The molecule has 1 aromatic rings. The second-order valence-corrected chi connectivity index (χ2v) is 8.84. The van der Waals surface area contributed by atoms with Crippen molar-refractivity contribution in [1.82, 2.24) is 15.5 Å². The molecule has 6 nitrogen and oxygen atoms in total. The molecule has 2 unspecified atom stereocenters. The quantitative estimate of drug-likeness (QED) is 0.519. The fourth-order valence-electron chi connectivity index (χ4n) is 4.31. The van der Waals surface area contributed by atoms with Crippen LogP contribution in [-0.4, -0.2) is 63.4 Å². The van der Waals surface area contributed by atoms with Crippen LogP contribution in [0.4, 0.5) is 0 Å². The third kappa shape index (κ3) is 5.86. The number of nitrogens with one attached hydrogen (secondary N) is 2. The molecule has 1 saturated carbocycles. The Hall–Kier alpha value is -1.79. The zero-order valence-electron chi connectivity index (χ0n) is 18.0. The summed E-state index contributed by atoms with van der Waals surface area (Å²) in [6.45, 7) is 8.69. The van der Waals surface area contributed by atoms with Crippen molar-refractivity contribution < 1.29 is 9.47 Å². The predicted molar refractivity (Wildman–Crippen MR) is 117 cm³/mol. The Kier molecular flexibility index (Phi) is 6.93. The summed E-state index contributed by atoms with van der Waals surface area (Å²) in [7, 11) is 1.84. The number of likely N-dealkylation sites (tertiary alicyclic amines) is 1. The van der Waals surface area contributed by atoms with Crippen molar-refractivity contribution in [2.45, 2.75) is 45.2 Å². The van der Waals surface area contributed by atoms with Crippen molar-refractivity contribution in [2.24, 2.45) is 16.8 Å². The highest BCUT2D eigenvalue weighted by Crippen LogP contribution is 2.31. The summed E-state index contributed by atoms with van der Waals surface area (Å²) in [5.74, 6) is 3.06. The number of nitrogens with zero attached hydrogens (tertiary/aromatic N) is 2. The van der Waals surface area contributed by atoms with Gasteiger partial charge in [0, 0.05) is 50.8 Å². The van der Waals surface area contributed by atoms with Gasteiger partial charge in [-0.2, -0.15) is 0 Å². The molecule has 2 aliphatic heterocycles. The molecule has 4 rings (SSSR count). The monoisotopic (exact) mass is 400 g/mol. The molecule has 0 aromatic heterocycles. The van der Waals surface area contributed by atoms with E-state index in [0.29, 0.717) is 12.5 Å². The Balaban J connectivity index is 1.25. The molecular formula is C23H36N4O2. The van der Waals surface area contributed by atoms with Gasteiger partial charge in [-0.15, -0.1) is 0 Å². The number of rotatable bonds is 8. The summed E-state index contributed by atoms with van der Waals surface area (Å²) < 4.78 is 11.6. The molecule has 29 heavy (non-hydrogen) atoms. The van der Waals surface area contributed by atoms with Gasteiger partial charge in [0.1, 0.15) is 5.75 Å². The molecule has 0 spiro atoms. The smallest absolute Gasteiger partial charge is 0.191 e. The van der Waals surface area contributed by atoms with Crippen molar-refractivity contribution in [2.75, 3.05) is 46.5 Å². The highest BCUT2D eigenvalue weighted by molar-refractivity contribution is 5.79. The number of hydrogen-bond donors (Lipinski definition) is 2. The molecule has 0 bridgehead atoms. The topological polar surface area (TPSA) is 58.1 Å². The largest absolute Gasteiger partial charge is 0.493 e. The fourth-order valence-corrected chi connectivity index (χ4v) is 4.31. The predicted octanol–water partition coefficient (Wildman–Crippen LogP) is 2.56. The molecular weight excluding hydrogens is 364 g/mol. The molecule has 0 radical (unpaired) electrons. The number of hydrogen-bond acceptors (Lipinski definition) is 4. The van der Waals surface area contributed by atoms with Crippen LogP contribution in [-0.2, 0) is 11.3 Å². The van der Waals surface area contributed by atoms with Gasteiger partial charge in [0.05, 0.1) is 13.2 Å². The summed E-state index contributed by atoms with van der Waals surface area (Å²) >= 11 is 0. The average molecular weight is 401 g/mol. The van der Waals surface area contributed by atoms with E-state index in [-0.39, 0.29) is 0 Å². The van der Waals surface area contributed by atoms with Gasteiger partial charge in [-0.3, -0.25) is 4.99 Å². The Labute approximate surface area is 175 Å². The van der Waals surface area contributed by atoms with E-state index in [1.807, 2.05) is 7.05 Å². The Morgan fingerprint density at radius 3 is 2.86 bits per heavy atom. The first-order valence-corrected chi connectivity index (χ1v) is 11.2. The zero-order valence-corrected chi connectivity index (χ0v) is 18.0. The van der Waals surface area contributed by atoms with Crippen LogP contribution in [0.15, 0.2) is 23.2 Å². The Morgan fingerprint density at radius 1 is 1.21 bits per heavy atom. The van der Waals surface area contributed by atoms with Gasteiger partial charge >= 0.3 is 0 Å². The first-order valence-electron chi connectivity index (χ1n) is 11.2. The number of guanidine groups is 1. The van der Waals surface area contributed by atoms with Gasteiger partial charge < -0.3 is 25.0 Å². The van der Waals surface area contributed by atoms with Crippen LogP contribution in [0, 0.1) is 18.8 Å². The van der Waals surface area contributed by atoms with Crippen LogP contribution in [0.5, 0.6) is 5.75 Å². The SMILES string of the molecule is CN=C(NCc1ccc(C)cc1OCC1CCOC1)NCC1CCN(C2CC2)C1. The molecule has 1 aliphatic carbocycles. The van der Waals surface area contributed by atoms with Crippen LogP contribution in [0.2, 0.25) is 0 Å². The maximum absolute atomic E-state index is 6.16. The van der Waals surface area contributed by atoms with Crippen LogP contribution in [0.25, 0.3) is 0 Å². The minimum atomic E-state index is 0.507. The third-order valence-electron chi connectivity index (χ3n) is 6.33. The van der Waals surface area contributed by atoms with E-state index < -0.39 is 0 Å². The van der Waals surface area contributed by atoms with Crippen LogP contribution < -0.4 is 15.4 Å². The van der Waals surface area contributed by atoms with E-state index in [2.05, 4.69) is 45.6 Å². The normalized spacial score (nSPS) is 25.4. The number of ether oxygens (including phenoxy) is 2. The first kappa shape index (κ1) is 20.5. The van der Waals surface area contributed by atoms with Gasteiger partial charge in [0.2, 0.25) is 0 Å². The lowest BCUT2D eigenvalue weighted by molar-refractivity contribution is 0.166. The third-order valence-corrected chi connectivity index (χ3v) is 6.33. The van der Waals surface area contributed by atoms with Gasteiger partial charge in [-0.05, 0) is 56.7 Å². The van der Waals surface area contributed by atoms with Crippen LogP contribution in [0.3, 0.4) is 0 Å². The van der Waals surface area contributed by atoms with Crippen molar-refractivity contribution in [3.63, 3.8) is 0 Å². The van der Waals surface area contributed by atoms with E-state index in [9.17, 15) is 0 Å². The lowest BCUT2D eigenvalue weighted by atomic mass is 10.1. The van der Waals surface area contributed by atoms with Crippen molar-refractivity contribution in [1.29, 1.82) is 0 Å². The van der Waals surface area contributed by atoms with Crippen molar-refractivity contribution >= 4 is 5.96 Å². The second-order valence-electron chi connectivity index (χ2n) is 8.84. The second kappa shape index (κ2) is 9.81. The number of benzene rings is 1. The lowest BCUT2D eigenvalue weighted by Gasteiger charge is -2.18. The van der Waals surface area contributed by atoms with Crippen molar-refractivity contribution in [3.05, 3.63) is 29.3 Å². The first-order chi connectivity index (χ1) is 14.2. The van der Waals surface area contributed by atoms with Crippen LogP contribution in [0.1, 0.15) is 36.8 Å². The highest BCUT2D eigenvalue weighted by Gasteiger charge is 2.34. The van der Waals surface area contributed by atoms with E-state index in [1.54, 1.807) is 0 Å². The molecule has 2 N–H and O–H groups in total. The molecule has 6 heteroatoms. The molecule has 1 aromatic carbocycles. The van der Waals surface area contributed by atoms with Gasteiger partial charge in [0.25, 0.3) is 0 Å².